The Morgan fingerprint density at radius 3 is 2.78 bits per heavy atom. The first-order valence-corrected chi connectivity index (χ1v) is 10.6. The van der Waals surface area contributed by atoms with E-state index in [1.165, 1.54) is 0 Å². The van der Waals surface area contributed by atoms with E-state index in [0.717, 1.165) is 23.3 Å². The number of amides is 1. The lowest BCUT2D eigenvalue weighted by molar-refractivity contribution is 0.172. The number of nitrogens with one attached hydrogen (secondary N) is 3. The molecule has 1 aromatic heterocycles. The first-order chi connectivity index (χ1) is 15.4. The Labute approximate surface area is 192 Å². The van der Waals surface area contributed by atoms with Crippen LogP contribution in [0.2, 0.25) is 5.02 Å². The van der Waals surface area contributed by atoms with E-state index < -0.39 is 6.09 Å². The number of halogens is 1. The maximum atomic E-state index is 12.4. The molecule has 3 N–H and O–H groups in total. The predicted molar refractivity (Wildman–Crippen MR) is 127 cm³/mol. The van der Waals surface area contributed by atoms with E-state index >= 15 is 0 Å². The van der Waals surface area contributed by atoms with Gasteiger partial charge in [-0.25, -0.2) is 9.48 Å². The van der Waals surface area contributed by atoms with Crippen LogP contribution in [0.15, 0.2) is 59.8 Å². The Morgan fingerprint density at radius 1 is 1.28 bits per heavy atom. The number of anilines is 1. The molecule has 0 unspecified atom stereocenters. The van der Waals surface area contributed by atoms with Crippen LogP contribution < -0.4 is 15.4 Å². The summed E-state index contributed by atoms with van der Waals surface area (Å²) in [4.78, 5) is 12.4. The summed E-state index contributed by atoms with van der Waals surface area (Å²) >= 11 is 6.05. The summed E-state index contributed by atoms with van der Waals surface area (Å²) in [5.41, 5.74) is 3.27. The van der Waals surface area contributed by atoms with E-state index in [9.17, 15) is 4.79 Å². The van der Waals surface area contributed by atoms with Crippen LogP contribution in [0.25, 0.3) is 11.3 Å². The van der Waals surface area contributed by atoms with Crippen LogP contribution in [0.5, 0.6) is 5.75 Å². The molecule has 1 heterocycles. The summed E-state index contributed by atoms with van der Waals surface area (Å²) < 4.78 is 12.4. The zero-order valence-electron chi connectivity index (χ0n) is 18.2. The van der Waals surface area contributed by atoms with Crippen molar-refractivity contribution < 1.29 is 14.3 Å². The highest BCUT2D eigenvalue weighted by Gasteiger charge is 2.16. The number of aryl methyl sites for hydroxylation is 1. The standard InChI is InChI=1S/C23H26ClN5O3/c1-4-26-13-16-7-6-15(10-19(16)25)14-32-23(30)27-22-12-20(28-29(22)5-2)18-9-8-17(24)11-21(18)31-3/h6-13,25-26H,4-5,14H2,1-3H3,(H,27,30)/b16-13-,25-19?. The van der Waals surface area contributed by atoms with Gasteiger partial charge < -0.3 is 20.2 Å². The average Bonchev–Trinajstić information content (AvgIpc) is 3.19. The van der Waals surface area contributed by atoms with Gasteiger partial charge in [0.1, 0.15) is 18.2 Å². The molecule has 8 nitrogen and oxygen atoms in total. The number of hydrogen-bond acceptors (Lipinski definition) is 6. The molecular formula is C23H26ClN5O3. The second kappa shape index (κ2) is 10.7. The molecule has 0 aliphatic heterocycles. The molecule has 0 saturated heterocycles. The van der Waals surface area contributed by atoms with Crippen LogP contribution in [0, 0.1) is 5.41 Å². The van der Waals surface area contributed by atoms with Crippen molar-refractivity contribution >= 4 is 29.2 Å². The van der Waals surface area contributed by atoms with Crippen LogP contribution in [0.3, 0.4) is 0 Å². The number of allylic oxidation sites excluding steroid dienone is 3. The van der Waals surface area contributed by atoms with E-state index in [4.69, 9.17) is 26.5 Å². The van der Waals surface area contributed by atoms with Crippen molar-refractivity contribution in [3.63, 3.8) is 0 Å². The molecule has 0 saturated carbocycles. The lowest BCUT2D eigenvalue weighted by atomic mass is 10.0. The van der Waals surface area contributed by atoms with Gasteiger partial charge in [-0.05, 0) is 43.7 Å². The van der Waals surface area contributed by atoms with Gasteiger partial charge in [-0.2, -0.15) is 5.10 Å². The summed E-state index contributed by atoms with van der Waals surface area (Å²) in [6.07, 6.45) is 6.51. The third-order valence-corrected chi connectivity index (χ3v) is 4.93. The summed E-state index contributed by atoms with van der Waals surface area (Å²) in [6, 6.07) is 7.05. The van der Waals surface area contributed by atoms with Gasteiger partial charge in [0, 0.05) is 41.5 Å². The van der Waals surface area contributed by atoms with Gasteiger partial charge in [-0.15, -0.1) is 0 Å². The zero-order valence-corrected chi connectivity index (χ0v) is 19.0. The fourth-order valence-electron chi connectivity index (χ4n) is 3.09. The molecule has 168 valence electrons. The van der Waals surface area contributed by atoms with Crippen LogP contribution >= 0.6 is 11.6 Å². The molecule has 32 heavy (non-hydrogen) atoms. The average molecular weight is 456 g/mol. The molecule has 0 bridgehead atoms. The lowest BCUT2D eigenvalue weighted by Gasteiger charge is -2.12. The van der Waals surface area contributed by atoms with Crippen LogP contribution in [-0.2, 0) is 11.3 Å². The number of carbonyl (C=O) groups excluding carboxylic acids is 1. The Balaban J connectivity index is 1.66. The van der Waals surface area contributed by atoms with Crippen molar-refractivity contribution in [1.29, 1.82) is 5.41 Å². The number of aromatic nitrogens is 2. The highest BCUT2D eigenvalue weighted by atomic mass is 35.5. The minimum Gasteiger partial charge on any atom is -0.496 e. The van der Waals surface area contributed by atoms with Crippen molar-refractivity contribution in [3.8, 4) is 17.0 Å². The summed E-state index contributed by atoms with van der Waals surface area (Å²) in [6.45, 7) is 5.30. The summed E-state index contributed by atoms with van der Waals surface area (Å²) in [7, 11) is 1.57. The third kappa shape index (κ3) is 5.59. The Morgan fingerprint density at radius 2 is 2.09 bits per heavy atom. The maximum Gasteiger partial charge on any atom is 0.413 e. The minimum atomic E-state index is -0.607. The minimum absolute atomic E-state index is 0.0529. The predicted octanol–water partition coefficient (Wildman–Crippen LogP) is 4.79. The van der Waals surface area contributed by atoms with E-state index in [1.807, 2.05) is 32.1 Å². The number of methoxy groups -OCH3 is 1. The Kier molecular flexibility index (Phi) is 7.72. The molecule has 1 amide bonds. The molecule has 0 fully saturated rings. The first-order valence-electron chi connectivity index (χ1n) is 10.2. The SMILES string of the molecule is CCN/C=C1/C=CC(COC(=O)Nc2cc(-c3ccc(Cl)cc3OC)nn2CC)=CC1=N. The second-order valence-electron chi connectivity index (χ2n) is 6.90. The van der Waals surface area contributed by atoms with E-state index in [1.54, 1.807) is 42.3 Å². The number of nitrogens with zero attached hydrogens (tertiary/aromatic N) is 2. The van der Waals surface area contributed by atoms with Gasteiger partial charge in [0.05, 0.1) is 18.5 Å². The highest BCUT2D eigenvalue weighted by molar-refractivity contribution is 6.30. The van der Waals surface area contributed by atoms with E-state index in [-0.39, 0.29) is 6.61 Å². The monoisotopic (exact) mass is 455 g/mol. The van der Waals surface area contributed by atoms with Crippen LogP contribution in [-0.4, -0.2) is 41.8 Å². The molecule has 1 aromatic carbocycles. The molecule has 1 aliphatic carbocycles. The lowest BCUT2D eigenvalue weighted by Crippen LogP contribution is -2.18. The fourth-order valence-corrected chi connectivity index (χ4v) is 3.25. The molecule has 1 aliphatic rings. The number of ether oxygens (including phenoxy) is 2. The maximum absolute atomic E-state index is 12.4. The van der Waals surface area contributed by atoms with Crippen molar-refractivity contribution in [2.45, 2.75) is 20.4 Å². The Bertz CT molecular complexity index is 1100. The molecule has 0 radical (unpaired) electrons. The summed E-state index contributed by atoms with van der Waals surface area (Å²) in [5.74, 6) is 1.09. The van der Waals surface area contributed by atoms with E-state index in [2.05, 4.69) is 15.7 Å². The van der Waals surface area contributed by atoms with E-state index in [0.29, 0.717) is 34.5 Å². The molecular weight excluding hydrogens is 430 g/mol. The number of hydrogen-bond donors (Lipinski definition) is 3. The van der Waals surface area contributed by atoms with Crippen molar-refractivity contribution in [2.24, 2.45) is 0 Å². The fraction of sp³-hybridized carbons (Fsp3) is 0.261. The van der Waals surface area contributed by atoms with Gasteiger partial charge in [-0.3, -0.25) is 5.32 Å². The van der Waals surface area contributed by atoms with Gasteiger partial charge in [0.25, 0.3) is 0 Å². The van der Waals surface area contributed by atoms with Crippen molar-refractivity contribution in [3.05, 3.63) is 64.9 Å². The molecule has 0 spiro atoms. The molecule has 0 atom stereocenters. The zero-order chi connectivity index (χ0) is 23.1. The number of rotatable bonds is 8. The molecule has 2 aromatic rings. The van der Waals surface area contributed by atoms with Gasteiger partial charge >= 0.3 is 6.09 Å². The molecule has 9 heteroatoms. The van der Waals surface area contributed by atoms with Crippen LogP contribution in [0.4, 0.5) is 10.6 Å². The smallest absolute Gasteiger partial charge is 0.413 e. The normalized spacial score (nSPS) is 14.3. The van der Waals surface area contributed by atoms with Crippen LogP contribution in [0.1, 0.15) is 13.8 Å². The van der Waals surface area contributed by atoms with Gasteiger partial charge in [0.2, 0.25) is 0 Å². The van der Waals surface area contributed by atoms with Crippen molar-refractivity contribution in [1.82, 2.24) is 15.1 Å². The topological polar surface area (TPSA) is 101 Å². The highest BCUT2D eigenvalue weighted by Crippen LogP contribution is 2.33. The van der Waals surface area contributed by atoms with Gasteiger partial charge in [-0.1, -0.05) is 23.8 Å². The first kappa shape index (κ1) is 23.1. The molecule has 3 rings (SSSR count). The Hall–Kier alpha value is -3.52. The van der Waals surface area contributed by atoms with Gasteiger partial charge in [0.15, 0.2) is 0 Å². The summed E-state index contributed by atoms with van der Waals surface area (Å²) in [5, 5.41) is 19.0. The number of benzene rings is 1. The second-order valence-corrected chi connectivity index (χ2v) is 7.34. The third-order valence-electron chi connectivity index (χ3n) is 4.70. The van der Waals surface area contributed by atoms with Crippen molar-refractivity contribution in [2.75, 3.05) is 25.6 Å². The largest absolute Gasteiger partial charge is 0.496 e. The number of carbonyl (C=O) groups is 1. The quantitative estimate of drug-likeness (QED) is 0.531.